The average Bonchev–Trinajstić information content (AvgIpc) is 2.84. The summed E-state index contributed by atoms with van der Waals surface area (Å²) in [4.78, 5) is 7.98. The molecule has 0 fully saturated rings. The molecular weight excluding hydrogens is 339 g/mol. The van der Waals surface area contributed by atoms with Gasteiger partial charge >= 0.3 is 0 Å². The molecule has 0 atom stereocenters. The summed E-state index contributed by atoms with van der Waals surface area (Å²) < 4.78 is 0. The van der Waals surface area contributed by atoms with Crippen molar-refractivity contribution in [3.05, 3.63) is 74.6 Å². The van der Waals surface area contributed by atoms with Gasteiger partial charge in [-0.05, 0) is 30.7 Å². The van der Waals surface area contributed by atoms with Crippen LogP contribution in [0, 0.1) is 6.92 Å². The minimum atomic E-state index is 0.550. The zero-order chi connectivity index (χ0) is 15.7. The maximum Gasteiger partial charge on any atom is 0.111 e. The predicted octanol–water partition coefficient (Wildman–Crippen LogP) is 5.94. The number of H-pyrrole nitrogens is 1. The first-order chi connectivity index (χ1) is 10.5. The van der Waals surface area contributed by atoms with E-state index in [1.807, 2.05) is 43.3 Å². The summed E-state index contributed by atoms with van der Waals surface area (Å²) in [6.45, 7) is 1.99. The number of imidazole rings is 1. The Morgan fingerprint density at radius 2 is 1.73 bits per heavy atom. The smallest absolute Gasteiger partial charge is 0.111 e. The van der Waals surface area contributed by atoms with Crippen LogP contribution in [0.2, 0.25) is 15.1 Å². The van der Waals surface area contributed by atoms with Crippen molar-refractivity contribution in [3.8, 4) is 11.3 Å². The van der Waals surface area contributed by atoms with Crippen LogP contribution >= 0.6 is 34.8 Å². The molecule has 2 nitrogen and oxygen atoms in total. The Bertz CT molecular complexity index is 825. The maximum atomic E-state index is 6.25. The Hall–Kier alpha value is -1.48. The fourth-order valence-corrected chi connectivity index (χ4v) is 2.91. The molecule has 0 amide bonds. The molecule has 22 heavy (non-hydrogen) atoms. The van der Waals surface area contributed by atoms with Crippen molar-refractivity contribution in [2.75, 3.05) is 0 Å². The molecule has 1 heterocycles. The van der Waals surface area contributed by atoms with Gasteiger partial charge in [0.15, 0.2) is 0 Å². The van der Waals surface area contributed by atoms with E-state index < -0.39 is 0 Å². The average molecular weight is 352 g/mol. The van der Waals surface area contributed by atoms with Gasteiger partial charge in [-0.1, -0.05) is 59.1 Å². The highest BCUT2D eigenvalue weighted by Crippen LogP contribution is 2.29. The molecule has 0 unspecified atom stereocenters. The van der Waals surface area contributed by atoms with Crippen LogP contribution in [-0.2, 0) is 6.42 Å². The van der Waals surface area contributed by atoms with Crippen molar-refractivity contribution in [1.29, 1.82) is 0 Å². The zero-order valence-electron chi connectivity index (χ0n) is 11.8. The molecule has 0 aliphatic heterocycles. The van der Waals surface area contributed by atoms with E-state index in [-0.39, 0.29) is 0 Å². The number of halogens is 3. The summed E-state index contributed by atoms with van der Waals surface area (Å²) in [5.41, 5.74) is 3.84. The second-order valence-electron chi connectivity index (χ2n) is 5.06. The predicted molar refractivity (Wildman–Crippen MR) is 93.0 cm³/mol. The second kappa shape index (κ2) is 6.33. The van der Waals surface area contributed by atoms with E-state index in [2.05, 4.69) is 9.97 Å². The Morgan fingerprint density at radius 3 is 2.45 bits per heavy atom. The number of aryl methyl sites for hydroxylation is 1. The fraction of sp³-hybridized carbons (Fsp3) is 0.118. The molecule has 0 saturated heterocycles. The van der Waals surface area contributed by atoms with Crippen LogP contribution < -0.4 is 0 Å². The SMILES string of the molecule is Cc1[nH]c(Cc2ccc(Cl)c(Cl)c2)nc1-c1ccccc1Cl. The summed E-state index contributed by atoms with van der Waals surface area (Å²) in [6.07, 6.45) is 0.655. The van der Waals surface area contributed by atoms with Gasteiger partial charge in [-0.2, -0.15) is 0 Å². The molecule has 5 heteroatoms. The first-order valence-corrected chi connectivity index (χ1v) is 7.92. The van der Waals surface area contributed by atoms with Gasteiger partial charge in [-0.15, -0.1) is 0 Å². The van der Waals surface area contributed by atoms with Gasteiger partial charge in [-0.25, -0.2) is 4.98 Å². The number of nitrogens with zero attached hydrogens (tertiary/aromatic N) is 1. The molecule has 2 aromatic carbocycles. The number of rotatable bonds is 3. The minimum Gasteiger partial charge on any atom is -0.345 e. The number of nitrogens with one attached hydrogen (secondary N) is 1. The van der Waals surface area contributed by atoms with E-state index in [1.165, 1.54) is 0 Å². The van der Waals surface area contributed by atoms with Gasteiger partial charge in [0.25, 0.3) is 0 Å². The molecule has 0 bridgehead atoms. The van der Waals surface area contributed by atoms with E-state index in [4.69, 9.17) is 34.8 Å². The van der Waals surface area contributed by atoms with Crippen molar-refractivity contribution in [2.45, 2.75) is 13.3 Å². The molecule has 0 aliphatic carbocycles. The Kier molecular flexibility index (Phi) is 4.44. The normalized spacial score (nSPS) is 10.9. The monoisotopic (exact) mass is 350 g/mol. The quantitative estimate of drug-likeness (QED) is 0.622. The van der Waals surface area contributed by atoms with Crippen molar-refractivity contribution < 1.29 is 0 Å². The molecule has 3 aromatic rings. The highest BCUT2D eigenvalue weighted by atomic mass is 35.5. The van der Waals surface area contributed by atoms with Crippen molar-refractivity contribution in [3.63, 3.8) is 0 Å². The lowest BCUT2D eigenvalue weighted by Gasteiger charge is -2.01. The van der Waals surface area contributed by atoms with Crippen LogP contribution in [0.3, 0.4) is 0 Å². The van der Waals surface area contributed by atoms with Gasteiger partial charge in [-0.3, -0.25) is 0 Å². The third-order valence-electron chi connectivity index (χ3n) is 3.42. The van der Waals surface area contributed by atoms with Crippen LogP contribution in [0.5, 0.6) is 0 Å². The molecule has 112 valence electrons. The molecule has 0 aliphatic rings. The van der Waals surface area contributed by atoms with Gasteiger partial charge in [0.05, 0.1) is 20.8 Å². The molecule has 1 aromatic heterocycles. The van der Waals surface area contributed by atoms with Crippen LogP contribution in [-0.4, -0.2) is 9.97 Å². The second-order valence-corrected chi connectivity index (χ2v) is 6.28. The maximum absolute atomic E-state index is 6.25. The highest BCUT2D eigenvalue weighted by Gasteiger charge is 2.12. The van der Waals surface area contributed by atoms with Crippen molar-refractivity contribution in [2.24, 2.45) is 0 Å². The van der Waals surface area contributed by atoms with E-state index in [1.54, 1.807) is 6.07 Å². The minimum absolute atomic E-state index is 0.550. The summed E-state index contributed by atoms with van der Waals surface area (Å²) in [5, 5.41) is 1.80. The first kappa shape index (κ1) is 15.4. The number of benzene rings is 2. The van der Waals surface area contributed by atoms with Gasteiger partial charge in [0.2, 0.25) is 0 Å². The van der Waals surface area contributed by atoms with Crippen LogP contribution in [0.4, 0.5) is 0 Å². The van der Waals surface area contributed by atoms with E-state index in [9.17, 15) is 0 Å². The van der Waals surface area contributed by atoms with Crippen LogP contribution in [0.15, 0.2) is 42.5 Å². The zero-order valence-corrected chi connectivity index (χ0v) is 14.1. The number of aromatic amines is 1. The largest absolute Gasteiger partial charge is 0.345 e. The first-order valence-electron chi connectivity index (χ1n) is 6.79. The van der Waals surface area contributed by atoms with Crippen molar-refractivity contribution in [1.82, 2.24) is 9.97 Å². The molecule has 3 rings (SSSR count). The molecule has 0 saturated carbocycles. The highest BCUT2D eigenvalue weighted by molar-refractivity contribution is 6.42. The topological polar surface area (TPSA) is 28.7 Å². The molecule has 0 radical (unpaired) electrons. The lowest BCUT2D eigenvalue weighted by Crippen LogP contribution is -1.91. The number of hydrogen-bond donors (Lipinski definition) is 1. The van der Waals surface area contributed by atoms with Gasteiger partial charge < -0.3 is 4.98 Å². The Morgan fingerprint density at radius 1 is 0.955 bits per heavy atom. The molecule has 1 N–H and O–H groups in total. The van der Waals surface area contributed by atoms with Crippen molar-refractivity contribution >= 4 is 34.8 Å². The third-order valence-corrected chi connectivity index (χ3v) is 4.49. The molecule has 0 spiro atoms. The van der Waals surface area contributed by atoms with E-state index in [0.717, 1.165) is 28.3 Å². The van der Waals surface area contributed by atoms with Gasteiger partial charge in [0.1, 0.15) is 5.82 Å². The van der Waals surface area contributed by atoms with Gasteiger partial charge in [0, 0.05) is 17.7 Å². The lowest BCUT2D eigenvalue weighted by molar-refractivity contribution is 1.02. The lowest BCUT2D eigenvalue weighted by atomic mass is 10.1. The molecular formula is C17H13Cl3N2. The Labute approximate surface area is 144 Å². The number of aromatic nitrogens is 2. The van der Waals surface area contributed by atoms with Crippen LogP contribution in [0.25, 0.3) is 11.3 Å². The fourth-order valence-electron chi connectivity index (χ4n) is 2.36. The number of hydrogen-bond acceptors (Lipinski definition) is 1. The standard InChI is InChI=1S/C17H13Cl3N2/c1-10-17(12-4-2-3-5-13(12)18)22-16(21-10)9-11-6-7-14(19)15(20)8-11/h2-8H,9H2,1H3,(H,21,22). The summed E-state index contributed by atoms with van der Waals surface area (Å²) >= 11 is 18.2. The summed E-state index contributed by atoms with van der Waals surface area (Å²) in [7, 11) is 0. The summed E-state index contributed by atoms with van der Waals surface area (Å²) in [6, 6.07) is 13.3. The Balaban J connectivity index is 1.92. The van der Waals surface area contributed by atoms with Crippen LogP contribution in [0.1, 0.15) is 17.1 Å². The van der Waals surface area contributed by atoms with E-state index in [0.29, 0.717) is 21.5 Å². The van der Waals surface area contributed by atoms with E-state index >= 15 is 0 Å². The third kappa shape index (κ3) is 3.14. The summed E-state index contributed by atoms with van der Waals surface area (Å²) in [5.74, 6) is 0.866.